The van der Waals surface area contributed by atoms with Crippen molar-refractivity contribution >= 4 is 29.2 Å². The number of likely N-dealkylation sites (N-methyl/N-ethyl adjacent to an activating group) is 1. The van der Waals surface area contributed by atoms with E-state index < -0.39 is 87.4 Å². The van der Waals surface area contributed by atoms with Crippen molar-refractivity contribution in [2.75, 3.05) is 39.0 Å². The first kappa shape index (κ1) is 29.5. The summed E-state index contributed by atoms with van der Waals surface area (Å²) >= 11 is 0. The number of carbonyl (C=O) groups excluding carboxylic acids is 4. The Hall–Kier alpha value is -3.98. The van der Waals surface area contributed by atoms with Gasteiger partial charge in [0.15, 0.2) is 17.1 Å². The number of urea groups is 1. The van der Waals surface area contributed by atoms with Gasteiger partial charge in [0.2, 0.25) is 5.78 Å². The molecule has 1 aromatic rings. The molecule has 9 N–H and O–H groups in total. The molecule has 4 aliphatic rings. The van der Waals surface area contributed by atoms with Gasteiger partial charge in [-0.15, -0.1) is 0 Å². The van der Waals surface area contributed by atoms with E-state index in [4.69, 9.17) is 5.73 Å². The maximum Gasteiger partial charge on any atom is 0.322 e. The van der Waals surface area contributed by atoms with E-state index in [9.17, 15) is 44.7 Å². The Morgan fingerprint density at radius 3 is 2.43 bits per heavy atom. The number of nitrogens with one attached hydrogen (secondary N) is 2. The molecule has 42 heavy (non-hydrogen) atoms. The van der Waals surface area contributed by atoms with Gasteiger partial charge >= 0.3 is 6.03 Å². The molecular formula is C28H35N5O9. The second kappa shape index (κ2) is 10.1. The van der Waals surface area contributed by atoms with Crippen molar-refractivity contribution in [1.29, 1.82) is 0 Å². The summed E-state index contributed by atoms with van der Waals surface area (Å²) in [6.45, 7) is 4.99. The smallest absolute Gasteiger partial charge is 0.322 e. The molecule has 5 rings (SSSR count). The number of anilines is 1. The van der Waals surface area contributed by atoms with Gasteiger partial charge in [-0.05, 0) is 38.6 Å². The minimum Gasteiger partial charge on any atom is -0.510 e. The maximum absolute atomic E-state index is 14.0. The fraction of sp³-hybridized carbons (Fsp3) is 0.500. The third-order valence-corrected chi connectivity index (χ3v) is 9.03. The number of aliphatic hydroxyl groups excluding tert-OH is 3. The maximum atomic E-state index is 14.0. The van der Waals surface area contributed by atoms with E-state index in [0.717, 1.165) is 0 Å². The largest absolute Gasteiger partial charge is 0.510 e. The van der Waals surface area contributed by atoms with Crippen LogP contribution in [-0.2, 0) is 9.59 Å². The summed E-state index contributed by atoms with van der Waals surface area (Å²) in [6, 6.07) is 1.18. The first-order chi connectivity index (χ1) is 19.6. The Labute approximate surface area is 241 Å². The molecule has 14 heteroatoms. The van der Waals surface area contributed by atoms with Gasteiger partial charge in [0, 0.05) is 37.2 Å². The van der Waals surface area contributed by atoms with E-state index in [1.807, 2.05) is 6.92 Å². The lowest BCUT2D eigenvalue weighted by Gasteiger charge is -2.53. The number of carbonyl (C=O) groups is 4. The monoisotopic (exact) mass is 585 g/mol. The summed E-state index contributed by atoms with van der Waals surface area (Å²) in [4.78, 5) is 55.4. The number of nitrogens with zero attached hydrogens (tertiary/aromatic N) is 2. The second-order valence-electron chi connectivity index (χ2n) is 11.7. The SMILES string of the molecule is CC1c2ccc(NC(=O)N3CCN[C@@H](C)C3)c(O)c2C(=O)C2=C(O)C3(O)C(=O)C(C(N)=O)=C(O)C(N(C)C)C3C(O)C21. The molecule has 1 aliphatic heterocycles. The number of aliphatic hydroxyl groups is 4. The Morgan fingerprint density at radius 2 is 1.83 bits per heavy atom. The molecule has 1 saturated heterocycles. The lowest BCUT2D eigenvalue weighted by Crippen LogP contribution is -2.68. The van der Waals surface area contributed by atoms with Crippen molar-refractivity contribution < 1.29 is 44.7 Å². The summed E-state index contributed by atoms with van der Waals surface area (Å²) in [7, 11) is 2.94. The Morgan fingerprint density at radius 1 is 1.17 bits per heavy atom. The van der Waals surface area contributed by atoms with Crippen LogP contribution in [0.25, 0.3) is 0 Å². The molecule has 1 aromatic carbocycles. The summed E-state index contributed by atoms with van der Waals surface area (Å²) in [5, 5.41) is 62.8. The van der Waals surface area contributed by atoms with Crippen LogP contribution in [0.3, 0.4) is 0 Å². The number of hydrogen-bond donors (Lipinski definition) is 8. The summed E-state index contributed by atoms with van der Waals surface area (Å²) < 4.78 is 0. The molecule has 1 heterocycles. The lowest BCUT2D eigenvalue weighted by molar-refractivity contribution is -0.162. The van der Waals surface area contributed by atoms with Crippen molar-refractivity contribution in [2.24, 2.45) is 17.6 Å². The van der Waals surface area contributed by atoms with Crippen molar-refractivity contribution in [3.8, 4) is 5.75 Å². The predicted molar refractivity (Wildman–Crippen MR) is 148 cm³/mol. The number of phenols is 1. The van der Waals surface area contributed by atoms with Gasteiger partial charge in [0.05, 0.1) is 29.3 Å². The van der Waals surface area contributed by atoms with Crippen LogP contribution in [0.2, 0.25) is 0 Å². The predicted octanol–water partition coefficient (Wildman–Crippen LogP) is -0.522. The zero-order chi connectivity index (χ0) is 31.0. The van der Waals surface area contributed by atoms with Crippen molar-refractivity contribution in [3.05, 3.63) is 45.9 Å². The van der Waals surface area contributed by atoms with E-state index >= 15 is 0 Å². The third-order valence-electron chi connectivity index (χ3n) is 9.03. The quantitative estimate of drug-likeness (QED) is 0.166. The molecule has 3 aliphatic carbocycles. The molecule has 0 bridgehead atoms. The Balaban J connectivity index is 1.63. The van der Waals surface area contributed by atoms with Crippen LogP contribution in [-0.4, -0.2) is 116 Å². The van der Waals surface area contributed by atoms with E-state index in [1.54, 1.807) is 11.8 Å². The van der Waals surface area contributed by atoms with Gasteiger partial charge in [-0.2, -0.15) is 0 Å². The number of fused-ring (bicyclic) bond motifs is 3. The fourth-order valence-electron chi connectivity index (χ4n) is 7.03. The van der Waals surface area contributed by atoms with Gasteiger partial charge in [-0.1, -0.05) is 13.0 Å². The van der Waals surface area contributed by atoms with Crippen LogP contribution in [0.1, 0.15) is 35.7 Å². The number of piperazine rings is 1. The zero-order valence-corrected chi connectivity index (χ0v) is 23.6. The minimum atomic E-state index is -3.00. The normalized spacial score (nSPS) is 32.9. The summed E-state index contributed by atoms with van der Waals surface area (Å²) in [5.74, 6) is -9.77. The number of hydrogen-bond acceptors (Lipinski definition) is 11. The van der Waals surface area contributed by atoms with Crippen LogP contribution < -0.4 is 16.4 Å². The molecule has 14 nitrogen and oxygen atoms in total. The summed E-state index contributed by atoms with van der Waals surface area (Å²) in [6.07, 6.45) is -1.68. The number of aromatic hydroxyl groups is 1. The zero-order valence-electron chi connectivity index (χ0n) is 23.6. The Bertz CT molecular complexity index is 1470. The highest BCUT2D eigenvalue weighted by Gasteiger charge is 2.67. The number of amides is 3. The van der Waals surface area contributed by atoms with Gasteiger partial charge in [0.25, 0.3) is 5.91 Å². The van der Waals surface area contributed by atoms with Gasteiger partial charge in [-0.25, -0.2) is 4.79 Å². The van der Waals surface area contributed by atoms with Crippen LogP contribution in [0.15, 0.2) is 34.8 Å². The lowest BCUT2D eigenvalue weighted by atomic mass is 9.55. The van der Waals surface area contributed by atoms with Crippen molar-refractivity contribution in [1.82, 2.24) is 15.1 Å². The molecule has 7 atom stereocenters. The summed E-state index contributed by atoms with van der Waals surface area (Å²) in [5.41, 5.74) is 0.827. The minimum absolute atomic E-state index is 0.0599. The van der Waals surface area contributed by atoms with E-state index in [0.29, 0.717) is 25.2 Å². The standard InChI is InChI=1S/C28H35N5O9/c1-10-9-33(8-7-30-10)27(41)31-13-6-5-12-11(2)14-16(21(35)15(12)20(13)34)24(38)28(42)18(22(14)36)19(32(3)4)23(37)17(25(28)39)26(29)40/h5-6,10-11,14,18-19,22,30,34,36-38,42H,7-9H2,1-4H3,(H2,29,40)(H,31,41)/t10-,11?,14?,18?,19?,22?,28?/m0/s1. The molecule has 0 saturated carbocycles. The number of phenolic OH excluding ortho intramolecular Hbond substituents is 1. The highest BCUT2D eigenvalue weighted by Crippen LogP contribution is 2.56. The fourth-order valence-corrected chi connectivity index (χ4v) is 7.03. The number of primary amides is 1. The van der Waals surface area contributed by atoms with Crippen LogP contribution >= 0.6 is 0 Å². The molecular weight excluding hydrogens is 550 g/mol. The van der Waals surface area contributed by atoms with Gasteiger partial charge in [-0.3, -0.25) is 19.3 Å². The van der Waals surface area contributed by atoms with Crippen LogP contribution in [0, 0.1) is 11.8 Å². The Kier molecular flexibility index (Phi) is 7.08. The number of Topliss-reactive ketones (excluding diaryl/α,β-unsaturated/α-hetero) is 2. The number of rotatable bonds is 3. The van der Waals surface area contributed by atoms with Crippen molar-refractivity contribution in [3.63, 3.8) is 0 Å². The average molecular weight is 586 g/mol. The molecule has 6 unspecified atom stereocenters. The van der Waals surface area contributed by atoms with Crippen molar-refractivity contribution in [2.45, 2.75) is 43.6 Å². The number of ketones is 2. The van der Waals surface area contributed by atoms with Crippen LogP contribution in [0.5, 0.6) is 5.75 Å². The first-order valence-electron chi connectivity index (χ1n) is 13.6. The van der Waals surface area contributed by atoms with Gasteiger partial charge < -0.3 is 46.8 Å². The molecule has 0 aromatic heterocycles. The molecule has 226 valence electrons. The van der Waals surface area contributed by atoms with E-state index in [2.05, 4.69) is 10.6 Å². The van der Waals surface area contributed by atoms with Gasteiger partial charge in [0.1, 0.15) is 17.1 Å². The first-order valence-corrected chi connectivity index (χ1v) is 13.6. The molecule has 0 spiro atoms. The molecule has 3 amide bonds. The van der Waals surface area contributed by atoms with E-state index in [1.165, 1.54) is 31.1 Å². The number of nitrogens with two attached hydrogens (primary N) is 1. The van der Waals surface area contributed by atoms with Crippen LogP contribution in [0.4, 0.5) is 10.5 Å². The highest BCUT2D eigenvalue weighted by molar-refractivity contribution is 6.25. The average Bonchev–Trinajstić information content (AvgIpc) is 2.91. The topological polar surface area (TPSA) is 226 Å². The second-order valence-corrected chi connectivity index (χ2v) is 11.7. The third kappa shape index (κ3) is 4.01. The highest BCUT2D eigenvalue weighted by atomic mass is 16.4. The number of benzene rings is 1. The van der Waals surface area contributed by atoms with E-state index in [-0.39, 0.29) is 17.3 Å². The molecule has 0 radical (unpaired) electrons. The molecule has 1 fully saturated rings.